The van der Waals surface area contributed by atoms with Crippen LogP contribution in [0.25, 0.3) is 0 Å². The molecule has 0 bridgehead atoms. The molecule has 5 nitrogen and oxygen atoms in total. The average Bonchev–Trinajstić information content (AvgIpc) is 3.09. The third kappa shape index (κ3) is 3.26. The van der Waals surface area contributed by atoms with Crippen molar-refractivity contribution >= 4 is 21.6 Å². The lowest BCUT2D eigenvalue weighted by Gasteiger charge is -2.33. The zero-order chi connectivity index (χ0) is 19.2. The van der Waals surface area contributed by atoms with Crippen LogP contribution < -0.4 is 0 Å². The molecular formula is C19H17ClFN3O2S. The number of sulfonamides is 1. The van der Waals surface area contributed by atoms with Crippen LogP contribution in [0.5, 0.6) is 0 Å². The monoisotopic (exact) mass is 405 g/mol. The number of aryl methyl sites for hydroxylation is 1. The SMILES string of the molecule is Cn1cc([C@H]2CN(S(=O)(=O)c3ccc(F)c(Cl)c3)Cc3ccccc32)cn1. The molecule has 1 aliphatic heterocycles. The maximum atomic E-state index is 13.5. The minimum absolute atomic E-state index is 0.0155. The summed E-state index contributed by atoms with van der Waals surface area (Å²) in [6.07, 6.45) is 3.65. The molecule has 0 unspecified atom stereocenters. The summed E-state index contributed by atoms with van der Waals surface area (Å²) in [5, 5.41) is 4.01. The zero-order valence-corrected chi connectivity index (χ0v) is 16.1. The van der Waals surface area contributed by atoms with Gasteiger partial charge in [0.2, 0.25) is 10.0 Å². The van der Waals surface area contributed by atoms with Crippen LogP contribution >= 0.6 is 11.6 Å². The van der Waals surface area contributed by atoms with Crippen LogP contribution in [0.4, 0.5) is 4.39 Å². The highest BCUT2D eigenvalue weighted by molar-refractivity contribution is 7.89. The minimum atomic E-state index is -3.82. The predicted octanol–water partition coefficient (Wildman–Crippen LogP) is 3.55. The van der Waals surface area contributed by atoms with Crippen LogP contribution in [-0.4, -0.2) is 29.0 Å². The van der Waals surface area contributed by atoms with E-state index in [1.54, 1.807) is 10.9 Å². The summed E-state index contributed by atoms with van der Waals surface area (Å²) < 4.78 is 42.9. The molecule has 0 spiro atoms. The molecule has 0 N–H and O–H groups in total. The van der Waals surface area contributed by atoms with Crippen molar-refractivity contribution in [3.63, 3.8) is 0 Å². The second-order valence-corrected chi connectivity index (χ2v) is 8.92. The summed E-state index contributed by atoms with van der Waals surface area (Å²) in [5.74, 6) is -0.776. The molecule has 3 aromatic rings. The van der Waals surface area contributed by atoms with Crippen LogP contribution in [-0.2, 0) is 23.6 Å². The fourth-order valence-electron chi connectivity index (χ4n) is 3.45. The Bertz CT molecular complexity index is 1110. The molecule has 0 saturated carbocycles. The summed E-state index contributed by atoms with van der Waals surface area (Å²) >= 11 is 5.80. The molecule has 2 aromatic carbocycles. The lowest BCUT2D eigenvalue weighted by Crippen LogP contribution is -2.38. The number of halogens is 2. The van der Waals surface area contributed by atoms with E-state index in [0.29, 0.717) is 0 Å². The van der Waals surface area contributed by atoms with E-state index in [0.717, 1.165) is 28.8 Å². The molecule has 0 radical (unpaired) electrons. The van der Waals surface area contributed by atoms with Crippen molar-refractivity contribution in [2.45, 2.75) is 17.4 Å². The normalized spacial score (nSPS) is 17.7. The van der Waals surface area contributed by atoms with E-state index in [1.165, 1.54) is 10.4 Å². The predicted molar refractivity (Wildman–Crippen MR) is 100 cm³/mol. The number of hydrogen-bond acceptors (Lipinski definition) is 3. The van der Waals surface area contributed by atoms with Crippen molar-refractivity contribution in [2.75, 3.05) is 6.54 Å². The smallest absolute Gasteiger partial charge is 0.243 e. The Morgan fingerprint density at radius 3 is 2.70 bits per heavy atom. The van der Waals surface area contributed by atoms with Crippen LogP contribution in [0.15, 0.2) is 59.8 Å². The highest BCUT2D eigenvalue weighted by Gasteiger charge is 2.34. The zero-order valence-electron chi connectivity index (χ0n) is 14.5. The molecule has 8 heteroatoms. The quantitative estimate of drug-likeness (QED) is 0.669. The number of benzene rings is 2. The largest absolute Gasteiger partial charge is 0.276 e. The molecule has 0 aliphatic carbocycles. The topological polar surface area (TPSA) is 55.2 Å². The third-order valence-electron chi connectivity index (χ3n) is 4.82. The van der Waals surface area contributed by atoms with Gasteiger partial charge in [-0.05, 0) is 34.9 Å². The maximum Gasteiger partial charge on any atom is 0.243 e. The van der Waals surface area contributed by atoms with Crippen molar-refractivity contribution in [2.24, 2.45) is 7.05 Å². The third-order valence-corrected chi connectivity index (χ3v) is 6.92. The van der Waals surface area contributed by atoms with Crippen LogP contribution in [0.3, 0.4) is 0 Å². The van der Waals surface area contributed by atoms with Crippen molar-refractivity contribution < 1.29 is 12.8 Å². The average molecular weight is 406 g/mol. The van der Waals surface area contributed by atoms with E-state index < -0.39 is 15.8 Å². The Labute approximate surface area is 162 Å². The first kappa shape index (κ1) is 18.2. The van der Waals surface area contributed by atoms with Crippen molar-refractivity contribution in [1.82, 2.24) is 14.1 Å². The second-order valence-electron chi connectivity index (χ2n) is 6.57. The minimum Gasteiger partial charge on any atom is -0.276 e. The van der Waals surface area contributed by atoms with E-state index in [2.05, 4.69) is 5.10 Å². The fourth-order valence-corrected chi connectivity index (χ4v) is 5.15. The maximum absolute atomic E-state index is 13.5. The molecule has 0 saturated heterocycles. The van der Waals surface area contributed by atoms with Gasteiger partial charge in [-0.1, -0.05) is 35.9 Å². The van der Waals surface area contributed by atoms with Gasteiger partial charge in [0.05, 0.1) is 16.1 Å². The van der Waals surface area contributed by atoms with Gasteiger partial charge in [0.25, 0.3) is 0 Å². The van der Waals surface area contributed by atoms with Crippen molar-refractivity contribution in [1.29, 1.82) is 0 Å². The summed E-state index contributed by atoms with van der Waals surface area (Å²) in [7, 11) is -2.00. The van der Waals surface area contributed by atoms with Gasteiger partial charge < -0.3 is 0 Å². The fraction of sp³-hybridized carbons (Fsp3) is 0.211. The number of rotatable bonds is 3. The molecule has 0 amide bonds. The lowest BCUT2D eigenvalue weighted by atomic mass is 9.87. The summed E-state index contributed by atoms with van der Waals surface area (Å²) in [6.45, 7) is 0.532. The van der Waals surface area contributed by atoms with Crippen molar-refractivity contribution in [3.8, 4) is 0 Å². The Morgan fingerprint density at radius 1 is 1.22 bits per heavy atom. The highest BCUT2D eigenvalue weighted by Crippen LogP contribution is 2.36. The number of hydrogen-bond donors (Lipinski definition) is 0. The molecule has 2 heterocycles. The van der Waals surface area contributed by atoms with Gasteiger partial charge in [0, 0.05) is 32.3 Å². The summed E-state index contributed by atoms with van der Waals surface area (Å²) in [4.78, 5) is -0.0155. The van der Waals surface area contributed by atoms with Crippen LogP contribution in [0.2, 0.25) is 5.02 Å². The first-order valence-corrected chi connectivity index (χ1v) is 10.2. The molecule has 140 valence electrons. The van der Waals surface area contributed by atoms with Crippen molar-refractivity contribution in [3.05, 3.63) is 82.4 Å². The second kappa shape index (κ2) is 6.74. The highest BCUT2D eigenvalue weighted by atomic mass is 35.5. The number of aromatic nitrogens is 2. The molecule has 4 rings (SSSR count). The van der Waals surface area contributed by atoms with Gasteiger partial charge in [-0.2, -0.15) is 9.40 Å². The first-order chi connectivity index (χ1) is 12.9. The Kier molecular flexibility index (Phi) is 4.53. The van der Waals surface area contributed by atoms with E-state index in [9.17, 15) is 12.8 Å². The van der Waals surface area contributed by atoms with Gasteiger partial charge in [-0.3, -0.25) is 4.68 Å². The molecule has 27 heavy (non-hydrogen) atoms. The van der Waals surface area contributed by atoms with Gasteiger partial charge >= 0.3 is 0 Å². The van der Waals surface area contributed by atoms with E-state index in [4.69, 9.17) is 11.6 Å². The van der Waals surface area contributed by atoms with E-state index in [-0.39, 0.29) is 28.9 Å². The van der Waals surface area contributed by atoms with E-state index in [1.807, 2.05) is 37.5 Å². The Hall–Kier alpha value is -2.22. The molecule has 1 aromatic heterocycles. The Balaban J connectivity index is 1.77. The van der Waals surface area contributed by atoms with Gasteiger partial charge in [0.1, 0.15) is 5.82 Å². The van der Waals surface area contributed by atoms with Gasteiger partial charge in [0.15, 0.2) is 0 Å². The lowest BCUT2D eigenvalue weighted by molar-refractivity contribution is 0.371. The Morgan fingerprint density at radius 2 is 2.00 bits per heavy atom. The first-order valence-electron chi connectivity index (χ1n) is 8.38. The molecule has 1 atom stereocenters. The van der Waals surface area contributed by atoms with Crippen LogP contribution in [0.1, 0.15) is 22.6 Å². The number of nitrogens with zero attached hydrogens (tertiary/aromatic N) is 3. The molecular weight excluding hydrogens is 389 g/mol. The number of fused-ring (bicyclic) bond motifs is 1. The summed E-state index contributed by atoms with van der Waals surface area (Å²) in [5.41, 5.74) is 2.98. The van der Waals surface area contributed by atoms with Gasteiger partial charge in [-0.25, -0.2) is 12.8 Å². The van der Waals surface area contributed by atoms with Gasteiger partial charge in [-0.15, -0.1) is 0 Å². The molecule has 1 aliphatic rings. The molecule has 0 fully saturated rings. The van der Waals surface area contributed by atoms with Crippen LogP contribution in [0, 0.1) is 5.82 Å². The van der Waals surface area contributed by atoms with E-state index >= 15 is 0 Å². The summed E-state index contributed by atoms with van der Waals surface area (Å²) in [6, 6.07) is 11.3. The standard InChI is InChI=1S/C19H17ClFN3O2S/c1-23-10-14(9-22-23)17-12-24(11-13-4-2-3-5-16(13)17)27(25,26)15-6-7-19(21)18(20)8-15/h2-10,17H,11-12H2,1H3/t17-/m1/s1.